The van der Waals surface area contributed by atoms with Crippen molar-refractivity contribution in [2.75, 3.05) is 20.3 Å². The maximum Gasteiger partial charge on any atom is 0.137 e. The van der Waals surface area contributed by atoms with E-state index in [0.29, 0.717) is 11.7 Å². The Balaban J connectivity index is 2.76. The largest absolute Gasteiger partial charge is 0.495 e. The van der Waals surface area contributed by atoms with Crippen LogP contribution in [0.1, 0.15) is 11.1 Å². The summed E-state index contributed by atoms with van der Waals surface area (Å²) in [6.45, 7) is 3.42. The van der Waals surface area contributed by atoms with Crippen LogP contribution in [0.15, 0.2) is 12.1 Å². The fourth-order valence-electron chi connectivity index (χ4n) is 1.45. The van der Waals surface area contributed by atoms with Gasteiger partial charge in [0.2, 0.25) is 0 Å². The molecule has 0 spiro atoms. The highest BCUT2D eigenvalue weighted by Gasteiger charge is 2.05. The van der Waals surface area contributed by atoms with Crippen molar-refractivity contribution in [3.63, 3.8) is 0 Å². The van der Waals surface area contributed by atoms with Gasteiger partial charge in [0.15, 0.2) is 0 Å². The van der Waals surface area contributed by atoms with Crippen LogP contribution in [-0.4, -0.2) is 20.3 Å². The molecule has 0 amide bonds. The molecule has 0 aliphatic heterocycles. The van der Waals surface area contributed by atoms with Crippen molar-refractivity contribution in [2.24, 2.45) is 5.73 Å². The summed E-state index contributed by atoms with van der Waals surface area (Å²) in [5, 5.41) is 3.73. The Labute approximate surface area is 95.6 Å². The van der Waals surface area contributed by atoms with Crippen molar-refractivity contribution < 1.29 is 4.74 Å². The van der Waals surface area contributed by atoms with Crippen molar-refractivity contribution in [1.82, 2.24) is 5.32 Å². The molecule has 0 bridgehead atoms. The quantitative estimate of drug-likeness (QED) is 0.596. The van der Waals surface area contributed by atoms with E-state index in [2.05, 4.69) is 12.2 Å². The fraction of sp³-hybridized carbons (Fsp3) is 0.455. The lowest BCUT2D eigenvalue weighted by Gasteiger charge is -2.10. The number of nitrogens with one attached hydrogen (secondary N) is 1. The molecule has 0 aromatic heterocycles. The molecule has 84 valence electrons. The van der Waals surface area contributed by atoms with Crippen LogP contribution < -0.4 is 15.8 Å². The monoisotopic (exact) mass is 228 g/mol. The van der Waals surface area contributed by atoms with Gasteiger partial charge in [-0.25, -0.2) is 0 Å². The van der Waals surface area contributed by atoms with Crippen LogP contribution in [-0.2, 0) is 6.42 Å². The van der Waals surface area contributed by atoms with E-state index in [1.807, 2.05) is 12.1 Å². The zero-order valence-corrected chi connectivity index (χ0v) is 9.90. The van der Waals surface area contributed by atoms with Crippen molar-refractivity contribution in [3.05, 3.63) is 28.3 Å². The molecule has 0 radical (unpaired) electrons. The molecule has 0 saturated carbocycles. The highest BCUT2D eigenvalue weighted by atomic mass is 35.5. The molecule has 0 atom stereocenters. The summed E-state index contributed by atoms with van der Waals surface area (Å²) in [7, 11) is 1.62. The number of hydrogen-bond acceptors (Lipinski definition) is 3. The number of hydrogen-bond donors (Lipinski definition) is 2. The SMILES string of the molecule is COc1cc(C)c(CCNCN)cc1Cl. The Bertz CT molecular complexity index is 329. The third kappa shape index (κ3) is 3.38. The van der Waals surface area contributed by atoms with E-state index in [-0.39, 0.29) is 0 Å². The zero-order valence-electron chi connectivity index (χ0n) is 9.14. The summed E-state index contributed by atoms with van der Waals surface area (Å²) in [5.74, 6) is 0.727. The Kier molecular flexibility index (Phi) is 4.88. The topological polar surface area (TPSA) is 47.3 Å². The second-order valence-electron chi connectivity index (χ2n) is 3.37. The Morgan fingerprint density at radius 3 is 2.80 bits per heavy atom. The lowest BCUT2D eigenvalue weighted by Crippen LogP contribution is -2.24. The smallest absolute Gasteiger partial charge is 0.137 e. The average Bonchev–Trinajstić information content (AvgIpc) is 2.23. The number of ether oxygens (including phenoxy) is 1. The summed E-state index contributed by atoms with van der Waals surface area (Å²) in [5.41, 5.74) is 7.76. The third-order valence-corrected chi connectivity index (χ3v) is 2.62. The molecule has 3 N–H and O–H groups in total. The minimum Gasteiger partial charge on any atom is -0.495 e. The minimum atomic E-state index is 0.503. The van der Waals surface area contributed by atoms with E-state index in [1.165, 1.54) is 11.1 Å². The molecule has 0 saturated heterocycles. The maximum absolute atomic E-state index is 6.04. The molecule has 1 aromatic carbocycles. The van der Waals surface area contributed by atoms with Gasteiger partial charge in [-0.15, -0.1) is 0 Å². The van der Waals surface area contributed by atoms with E-state index in [0.717, 1.165) is 18.7 Å². The molecule has 3 nitrogen and oxygen atoms in total. The molecular formula is C11H17ClN2O. The Hall–Kier alpha value is -0.770. The highest BCUT2D eigenvalue weighted by Crippen LogP contribution is 2.27. The van der Waals surface area contributed by atoms with Crippen molar-refractivity contribution in [3.8, 4) is 5.75 Å². The van der Waals surface area contributed by atoms with Gasteiger partial charge in [-0.05, 0) is 36.6 Å². The van der Waals surface area contributed by atoms with E-state index < -0.39 is 0 Å². The van der Waals surface area contributed by atoms with Gasteiger partial charge in [-0.3, -0.25) is 0 Å². The van der Waals surface area contributed by atoms with Gasteiger partial charge in [-0.2, -0.15) is 0 Å². The molecule has 1 aromatic rings. The van der Waals surface area contributed by atoms with E-state index >= 15 is 0 Å². The van der Waals surface area contributed by atoms with E-state index in [4.69, 9.17) is 22.1 Å². The first-order valence-corrected chi connectivity index (χ1v) is 5.30. The van der Waals surface area contributed by atoms with Crippen LogP contribution in [0, 0.1) is 6.92 Å². The molecule has 0 heterocycles. The van der Waals surface area contributed by atoms with Gasteiger partial charge >= 0.3 is 0 Å². The van der Waals surface area contributed by atoms with Gasteiger partial charge in [-0.1, -0.05) is 11.6 Å². The summed E-state index contributed by atoms with van der Waals surface area (Å²) in [6.07, 6.45) is 0.923. The van der Waals surface area contributed by atoms with Gasteiger partial charge in [0.1, 0.15) is 5.75 Å². The predicted octanol–water partition coefficient (Wildman–Crippen LogP) is 1.71. The van der Waals surface area contributed by atoms with Gasteiger partial charge in [0.05, 0.1) is 12.1 Å². The second kappa shape index (κ2) is 5.95. The predicted molar refractivity (Wildman–Crippen MR) is 63.5 cm³/mol. The molecule has 15 heavy (non-hydrogen) atoms. The van der Waals surface area contributed by atoms with Gasteiger partial charge in [0.25, 0.3) is 0 Å². The van der Waals surface area contributed by atoms with E-state index in [9.17, 15) is 0 Å². The summed E-state index contributed by atoms with van der Waals surface area (Å²) in [4.78, 5) is 0. The lowest BCUT2D eigenvalue weighted by atomic mass is 10.1. The standard InChI is InChI=1S/C11H17ClN2O/c1-8-5-11(15-2)10(12)6-9(8)3-4-14-7-13/h5-6,14H,3-4,7,13H2,1-2H3. The van der Waals surface area contributed by atoms with Crippen LogP contribution in [0.4, 0.5) is 0 Å². The van der Waals surface area contributed by atoms with Crippen LogP contribution >= 0.6 is 11.6 Å². The minimum absolute atomic E-state index is 0.503. The van der Waals surface area contributed by atoms with Gasteiger partial charge < -0.3 is 15.8 Å². The van der Waals surface area contributed by atoms with Crippen LogP contribution in [0.2, 0.25) is 5.02 Å². The highest BCUT2D eigenvalue weighted by molar-refractivity contribution is 6.32. The molecular weight excluding hydrogens is 212 g/mol. The molecule has 0 aliphatic rings. The first-order chi connectivity index (χ1) is 7.19. The summed E-state index contributed by atoms with van der Waals surface area (Å²) in [6, 6.07) is 3.91. The van der Waals surface area contributed by atoms with Crippen molar-refractivity contribution in [1.29, 1.82) is 0 Å². The normalized spacial score (nSPS) is 10.4. The fourth-order valence-corrected chi connectivity index (χ4v) is 1.71. The molecule has 0 unspecified atom stereocenters. The Morgan fingerprint density at radius 1 is 1.47 bits per heavy atom. The summed E-state index contributed by atoms with van der Waals surface area (Å²) >= 11 is 6.04. The van der Waals surface area contributed by atoms with Crippen molar-refractivity contribution in [2.45, 2.75) is 13.3 Å². The molecule has 0 aliphatic carbocycles. The third-order valence-electron chi connectivity index (χ3n) is 2.33. The number of nitrogens with two attached hydrogens (primary N) is 1. The van der Waals surface area contributed by atoms with Crippen LogP contribution in [0.5, 0.6) is 5.75 Å². The molecule has 4 heteroatoms. The van der Waals surface area contributed by atoms with E-state index in [1.54, 1.807) is 7.11 Å². The molecule has 1 rings (SSSR count). The zero-order chi connectivity index (χ0) is 11.3. The lowest BCUT2D eigenvalue weighted by molar-refractivity contribution is 0.414. The second-order valence-corrected chi connectivity index (χ2v) is 3.77. The number of benzene rings is 1. The number of methoxy groups -OCH3 is 1. The molecule has 0 fully saturated rings. The Morgan fingerprint density at radius 2 is 2.20 bits per heavy atom. The van der Waals surface area contributed by atoms with Crippen molar-refractivity contribution >= 4 is 11.6 Å². The first kappa shape index (κ1) is 12.3. The number of rotatable bonds is 5. The number of halogens is 1. The van der Waals surface area contributed by atoms with Crippen LogP contribution in [0.25, 0.3) is 0 Å². The maximum atomic E-state index is 6.04. The summed E-state index contributed by atoms with van der Waals surface area (Å²) < 4.78 is 5.14. The number of aryl methyl sites for hydroxylation is 1. The van der Waals surface area contributed by atoms with Gasteiger partial charge in [0, 0.05) is 13.2 Å². The van der Waals surface area contributed by atoms with Crippen LogP contribution in [0.3, 0.4) is 0 Å². The average molecular weight is 229 g/mol. The first-order valence-electron chi connectivity index (χ1n) is 4.92.